The summed E-state index contributed by atoms with van der Waals surface area (Å²) >= 11 is 6.26. The van der Waals surface area contributed by atoms with Gasteiger partial charge in [0.05, 0.1) is 22.2 Å². The number of nitrogens with zero attached hydrogens (tertiary/aromatic N) is 2. The summed E-state index contributed by atoms with van der Waals surface area (Å²) in [6.07, 6.45) is 2.02. The van der Waals surface area contributed by atoms with Crippen LogP contribution in [-0.4, -0.2) is 4.57 Å². The van der Waals surface area contributed by atoms with E-state index >= 15 is 0 Å². The minimum absolute atomic E-state index is 0.681. The van der Waals surface area contributed by atoms with Gasteiger partial charge in [0.15, 0.2) is 0 Å². The van der Waals surface area contributed by atoms with E-state index in [2.05, 4.69) is 16.7 Å². The Morgan fingerprint density at radius 1 is 1.11 bits per heavy atom. The molecule has 3 heteroatoms. The molecule has 2 aromatic carbocycles. The standard InChI is InChI=1S/C16H11ClN2/c17-15-6-2-5-14-7-8-19(16(14)15)11-13-4-1-3-12(9-13)10-18/h1-9H,11H2. The second kappa shape index (κ2) is 4.79. The normalized spacial score (nSPS) is 10.5. The second-order valence-electron chi connectivity index (χ2n) is 4.43. The maximum atomic E-state index is 8.93. The van der Waals surface area contributed by atoms with Crippen LogP contribution in [0.15, 0.2) is 54.7 Å². The lowest BCUT2D eigenvalue weighted by Crippen LogP contribution is -1.98. The average molecular weight is 267 g/mol. The first-order chi connectivity index (χ1) is 9.28. The van der Waals surface area contributed by atoms with Crippen LogP contribution in [0.3, 0.4) is 0 Å². The molecule has 0 saturated carbocycles. The SMILES string of the molecule is N#Cc1cccc(Cn2ccc3cccc(Cl)c32)c1. The van der Waals surface area contributed by atoms with Crippen molar-refractivity contribution in [2.45, 2.75) is 6.54 Å². The molecule has 0 atom stereocenters. The zero-order valence-electron chi connectivity index (χ0n) is 10.2. The number of aromatic nitrogens is 1. The molecule has 0 radical (unpaired) electrons. The summed E-state index contributed by atoms with van der Waals surface area (Å²) in [6, 6.07) is 17.7. The molecule has 0 saturated heterocycles. The second-order valence-corrected chi connectivity index (χ2v) is 4.84. The molecule has 0 aliphatic heterocycles. The van der Waals surface area contributed by atoms with Gasteiger partial charge in [-0.15, -0.1) is 0 Å². The monoisotopic (exact) mass is 266 g/mol. The van der Waals surface area contributed by atoms with E-state index < -0.39 is 0 Å². The van der Waals surface area contributed by atoms with Crippen molar-refractivity contribution in [2.75, 3.05) is 0 Å². The van der Waals surface area contributed by atoms with Crippen molar-refractivity contribution in [1.29, 1.82) is 5.26 Å². The summed E-state index contributed by atoms with van der Waals surface area (Å²) in [5.74, 6) is 0. The zero-order valence-corrected chi connectivity index (χ0v) is 10.9. The van der Waals surface area contributed by atoms with E-state index in [1.54, 1.807) is 0 Å². The van der Waals surface area contributed by atoms with Crippen LogP contribution in [0.1, 0.15) is 11.1 Å². The average Bonchev–Trinajstić information content (AvgIpc) is 2.84. The number of nitriles is 1. The van der Waals surface area contributed by atoms with Crippen LogP contribution in [0.4, 0.5) is 0 Å². The Hall–Kier alpha value is -2.24. The molecule has 0 amide bonds. The molecule has 0 bridgehead atoms. The molecule has 2 nitrogen and oxygen atoms in total. The van der Waals surface area contributed by atoms with Gasteiger partial charge in [0.25, 0.3) is 0 Å². The highest BCUT2D eigenvalue weighted by Gasteiger charge is 2.05. The summed E-state index contributed by atoms with van der Waals surface area (Å²) < 4.78 is 2.11. The minimum atomic E-state index is 0.681. The quantitative estimate of drug-likeness (QED) is 0.683. The molecule has 0 N–H and O–H groups in total. The molecule has 1 aromatic heterocycles. The maximum absolute atomic E-state index is 8.93. The zero-order chi connectivity index (χ0) is 13.2. The van der Waals surface area contributed by atoms with Gasteiger partial charge in [-0.3, -0.25) is 0 Å². The highest BCUT2D eigenvalue weighted by molar-refractivity contribution is 6.35. The fourth-order valence-corrected chi connectivity index (χ4v) is 2.57. The summed E-state index contributed by atoms with van der Waals surface area (Å²) in [6.45, 7) is 0.711. The Balaban J connectivity index is 2.04. The van der Waals surface area contributed by atoms with Crippen LogP contribution in [0.5, 0.6) is 0 Å². The Kier molecular flexibility index (Phi) is 2.98. The lowest BCUT2D eigenvalue weighted by Gasteiger charge is -2.07. The fraction of sp³-hybridized carbons (Fsp3) is 0.0625. The number of benzene rings is 2. The van der Waals surface area contributed by atoms with Crippen molar-refractivity contribution in [3.8, 4) is 6.07 Å². The van der Waals surface area contributed by atoms with Crippen molar-refractivity contribution >= 4 is 22.5 Å². The van der Waals surface area contributed by atoms with Crippen LogP contribution in [-0.2, 0) is 6.54 Å². The molecule has 3 rings (SSSR count). The van der Waals surface area contributed by atoms with Crippen LogP contribution in [0, 0.1) is 11.3 Å². The van der Waals surface area contributed by atoms with Crippen LogP contribution >= 0.6 is 11.6 Å². The van der Waals surface area contributed by atoms with E-state index in [0.29, 0.717) is 12.1 Å². The van der Waals surface area contributed by atoms with Gasteiger partial charge < -0.3 is 4.57 Å². The van der Waals surface area contributed by atoms with E-state index in [1.807, 2.05) is 48.7 Å². The van der Waals surface area contributed by atoms with Crippen molar-refractivity contribution in [1.82, 2.24) is 4.57 Å². The number of hydrogen-bond donors (Lipinski definition) is 0. The van der Waals surface area contributed by atoms with Gasteiger partial charge in [-0.05, 0) is 29.8 Å². The Bertz CT molecular complexity index is 781. The van der Waals surface area contributed by atoms with Crippen molar-refractivity contribution in [3.05, 3.63) is 70.9 Å². The van der Waals surface area contributed by atoms with Gasteiger partial charge in [-0.25, -0.2) is 0 Å². The highest BCUT2D eigenvalue weighted by atomic mass is 35.5. The van der Waals surface area contributed by atoms with Gasteiger partial charge in [0.2, 0.25) is 0 Å². The summed E-state index contributed by atoms with van der Waals surface area (Å²) in [4.78, 5) is 0. The molecule has 92 valence electrons. The van der Waals surface area contributed by atoms with Crippen LogP contribution in [0.25, 0.3) is 10.9 Å². The third-order valence-electron chi connectivity index (χ3n) is 3.15. The number of fused-ring (bicyclic) bond motifs is 1. The number of halogens is 1. The largest absolute Gasteiger partial charge is 0.342 e. The predicted molar refractivity (Wildman–Crippen MR) is 77.2 cm³/mol. The summed E-state index contributed by atoms with van der Waals surface area (Å²) in [5, 5.41) is 10.8. The number of hydrogen-bond acceptors (Lipinski definition) is 1. The van der Waals surface area contributed by atoms with Gasteiger partial charge >= 0.3 is 0 Å². The Labute approximate surface area is 116 Å². The molecule has 0 fully saturated rings. The van der Waals surface area contributed by atoms with Crippen LogP contribution in [0.2, 0.25) is 5.02 Å². The first kappa shape index (κ1) is 11.8. The molecule has 19 heavy (non-hydrogen) atoms. The highest BCUT2D eigenvalue weighted by Crippen LogP contribution is 2.25. The molecule has 3 aromatic rings. The molecule has 0 aliphatic carbocycles. The van der Waals surface area contributed by atoms with Crippen molar-refractivity contribution < 1.29 is 0 Å². The lowest BCUT2D eigenvalue weighted by atomic mass is 10.1. The summed E-state index contributed by atoms with van der Waals surface area (Å²) in [5.41, 5.74) is 2.81. The third-order valence-corrected chi connectivity index (χ3v) is 3.45. The number of para-hydroxylation sites is 1. The first-order valence-electron chi connectivity index (χ1n) is 6.00. The molecular weight excluding hydrogens is 256 g/mol. The minimum Gasteiger partial charge on any atom is -0.342 e. The van der Waals surface area contributed by atoms with Gasteiger partial charge in [-0.2, -0.15) is 5.26 Å². The van der Waals surface area contributed by atoms with Gasteiger partial charge in [0.1, 0.15) is 0 Å². The predicted octanol–water partition coefficient (Wildman–Crippen LogP) is 4.21. The van der Waals surface area contributed by atoms with E-state index in [4.69, 9.17) is 16.9 Å². The lowest BCUT2D eigenvalue weighted by molar-refractivity contribution is 0.836. The van der Waals surface area contributed by atoms with Crippen molar-refractivity contribution in [3.63, 3.8) is 0 Å². The molecule has 0 unspecified atom stereocenters. The van der Waals surface area contributed by atoms with E-state index in [1.165, 1.54) is 0 Å². The topological polar surface area (TPSA) is 28.7 Å². The number of rotatable bonds is 2. The Morgan fingerprint density at radius 3 is 2.79 bits per heavy atom. The van der Waals surface area contributed by atoms with Crippen LogP contribution < -0.4 is 0 Å². The molecule has 1 heterocycles. The van der Waals surface area contributed by atoms with Crippen molar-refractivity contribution in [2.24, 2.45) is 0 Å². The maximum Gasteiger partial charge on any atom is 0.0991 e. The van der Waals surface area contributed by atoms with Gasteiger partial charge in [0, 0.05) is 18.1 Å². The molecule has 0 aliphatic rings. The van der Waals surface area contributed by atoms with E-state index in [0.717, 1.165) is 21.5 Å². The fourth-order valence-electron chi connectivity index (χ4n) is 2.28. The summed E-state index contributed by atoms with van der Waals surface area (Å²) in [7, 11) is 0. The van der Waals surface area contributed by atoms with Gasteiger partial charge in [-0.1, -0.05) is 35.9 Å². The van der Waals surface area contributed by atoms with E-state index in [9.17, 15) is 0 Å². The Morgan fingerprint density at radius 2 is 1.95 bits per heavy atom. The molecule has 0 spiro atoms. The smallest absolute Gasteiger partial charge is 0.0991 e. The first-order valence-corrected chi connectivity index (χ1v) is 6.38. The molecular formula is C16H11ClN2. The van der Waals surface area contributed by atoms with E-state index in [-0.39, 0.29) is 0 Å². The third kappa shape index (κ3) is 2.21.